The number of nitrogen functional groups attached to an aromatic ring is 1. The fourth-order valence-corrected chi connectivity index (χ4v) is 1.87. The van der Waals surface area contributed by atoms with Gasteiger partial charge in [-0.3, -0.25) is 0 Å². The maximum Gasteiger partial charge on any atom is 0.119 e. The third-order valence-corrected chi connectivity index (χ3v) is 3.03. The maximum absolute atomic E-state index is 5.94. The second kappa shape index (κ2) is 6.90. The number of nitrogens with two attached hydrogens (primary N) is 1. The molecule has 4 heteroatoms. The highest BCUT2D eigenvalue weighted by Gasteiger charge is 2.01. The Morgan fingerprint density at radius 1 is 1.05 bits per heavy atom. The lowest BCUT2D eigenvalue weighted by Gasteiger charge is -2.10. The van der Waals surface area contributed by atoms with Gasteiger partial charge in [0.05, 0.1) is 23.0 Å². The van der Waals surface area contributed by atoms with Crippen LogP contribution in [0.15, 0.2) is 48.5 Å². The van der Waals surface area contributed by atoms with Crippen LogP contribution in [0.25, 0.3) is 0 Å². The number of anilines is 2. The van der Waals surface area contributed by atoms with Crippen LogP contribution in [0.1, 0.15) is 6.42 Å². The molecule has 0 saturated heterocycles. The fraction of sp³-hybridized carbons (Fsp3) is 0.200. The quantitative estimate of drug-likeness (QED) is 0.623. The first kappa shape index (κ1) is 13.6. The van der Waals surface area contributed by atoms with Crippen molar-refractivity contribution in [2.75, 3.05) is 24.2 Å². The maximum atomic E-state index is 5.94. The molecule has 2 aromatic carbocycles. The Morgan fingerprint density at radius 2 is 1.84 bits per heavy atom. The predicted octanol–water partition coefficient (Wildman–Crippen LogP) is 3.80. The van der Waals surface area contributed by atoms with Gasteiger partial charge in [-0.05, 0) is 30.7 Å². The van der Waals surface area contributed by atoms with Crippen molar-refractivity contribution in [3.05, 3.63) is 53.6 Å². The van der Waals surface area contributed by atoms with Crippen LogP contribution >= 0.6 is 11.6 Å². The molecule has 0 amide bonds. The van der Waals surface area contributed by atoms with Gasteiger partial charge < -0.3 is 15.8 Å². The predicted molar refractivity (Wildman–Crippen MR) is 80.9 cm³/mol. The Hall–Kier alpha value is -1.87. The topological polar surface area (TPSA) is 47.3 Å². The third kappa shape index (κ3) is 4.07. The number of ether oxygens (including phenoxy) is 1. The van der Waals surface area contributed by atoms with Gasteiger partial charge in [-0.25, -0.2) is 0 Å². The van der Waals surface area contributed by atoms with Crippen molar-refractivity contribution in [3.8, 4) is 5.75 Å². The van der Waals surface area contributed by atoms with E-state index in [0.29, 0.717) is 17.3 Å². The third-order valence-electron chi connectivity index (χ3n) is 2.70. The zero-order valence-corrected chi connectivity index (χ0v) is 11.4. The molecule has 0 aliphatic heterocycles. The van der Waals surface area contributed by atoms with Crippen LogP contribution in [0.2, 0.25) is 5.02 Å². The zero-order valence-electron chi connectivity index (χ0n) is 10.6. The minimum absolute atomic E-state index is 0.575. The fourth-order valence-electron chi connectivity index (χ4n) is 1.69. The Labute approximate surface area is 118 Å². The number of hydrogen-bond acceptors (Lipinski definition) is 3. The highest BCUT2D eigenvalue weighted by molar-refractivity contribution is 6.33. The van der Waals surface area contributed by atoms with Crippen molar-refractivity contribution in [3.63, 3.8) is 0 Å². The summed E-state index contributed by atoms with van der Waals surface area (Å²) in [6.45, 7) is 1.45. The van der Waals surface area contributed by atoms with Gasteiger partial charge in [0.25, 0.3) is 0 Å². The molecule has 19 heavy (non-hydrogen) atoms. The summed E-state index contributed by atoms with van der Waals surface area (Å²) >= 11 is 5.94. The SMILES string of the molecule is Nc1c(Cl)cccc1NCCCOc1ccccc1. The number of halogens is 1. The van der Waals surface area contributed by atoms with E-state index in [-0.39, 0.29) is 0 Å². The van der Waals surface area contributed by atoms with Crippen molar-refractivity contribution in [2.45, 2.75) is 6.42 Å². The highest BCUT2D eigenvalue weighted by Crippen LogP contribution is 2.26. The average molecular weight is 277 g/mol. The van der Waals surface area contributed by atoms with Crippen LogP contribution in [0.3, 0.4) is 0 Å². The average Bonchev–Trinajstić information content (AvgIpc) is 2.44. The van der Waals surface area contributed by atoms with Gasteiger partial charge in [-0.2, -0.15) is 0 Å². The number of hydrogen-bond donors (Lipinski definition) is 2. The smallest absolute Gasteiger partial charge is 0.119 e. The number of para-hydroxylation sites is 2. The summed E-state index contributed by atoms with van der Waals surface area (Å²) in [6.07, 6.45) is 0.890. The van der Waals surface area contributed by atoms with Gasteiger partial charge in [0.2, 0.25) is 0 Å². The van der Waals surface area contributed by atoms with Crippen molar-refractivity contribution in [1.29, 1.82) is 0 Å². The van der Waals surface area contributed by atoms with E-state index < -0.39 is 0 Å². The second-order valence-corrected chi connectivity index (χ2v) is 4.55. The standard InChI is InChI=1S/C15H17ClN2O/c16-13-8-4-9-14(15(13)17)18-10-5-11-19-12-6-2-1-3-7-12/h1-4,6-9,18H,5,10-11,17H2. The number of nitrogens with one attached hydrogen (secondary N) is 1. The van der Waals surface area contributed by atoms with Crippen LogP contribution in [0.4, 0.5) is 11.4 Å². The lowest BCUT2D eigenvalue weighted by Crippen LogP contribution is -2.08. The Balaban J connectivity index is 1.71. The molecule has 0 spiro atoms. The van der Waals surface area contributed by atoms with Crippen molar-refractivity contribution in [2.24, 2.45) is 0 Å². The summed E-state index contributed by atoms with van der Waals surface area (Å²) in [5.74, 6) is 0.893. The van der Waals surface area contributed by atoms with Gasteiger partial charge in [0.1, 0.15) is 5.75 Å². The Morgan fingerprint density at radius 3 is 2.63 bits per heavy atom. The van der Waals surface area contributed by atoms with Crippen LogP contribution in [-0.2, 0) is 0 Å². The molecule has 0 saturated carbocycles. The van der Waals surface area contributed by atoms with Crippen LogP contribution in [0, 0.1) is 0 Å². The number of benzene rings is 2. The molecule has 0 radical (unpaired) electrons. The number of rotatable bonds is 6. The molecule has 0 unspecified atom stereocenters. The lowest BCUT2D eigenvalue weighted by molar-refractivity contribution is 0.315. The van der Waals surface area contributed by atoms with Crippen molar-refractivity contribution in [1.82, 2.24) is 0 Å². The van der Waals surface area contributed by atoms with Crippen molar-refractivity contribution < 1.29 is 4.74 Å². The van der Waals surface area contributed by atoms with E-state index in [4.69, 9.17) is 22.1 Å². The summed E-state index contributed by atoms with van der Waals surface area (Å²) in [6, 6.07) is 15.4. The highest BCUT2D eigenvalue weighted by atomic mass is 35.5. The van der Waals surface area contributed by atoms with Crippen LogP contribution in [-0.4, -0.2) is 13.2 Å². The summed E-state index contributed by atoms with van der Waals surface area (Å²) in [5, 5.41) is 3.83. The van der Waals surface area contributed by atoms with E-state index in [1.807, 2.05) is 42.5 Å². The van der Waals surface area contributed by atoms with Gasteiger partial charge in [-0.15, -0.1) is 0 Å². The van der Waals surface area contributed by atoms with E-state index in [1.54, 1.807) is 6.07 Å². The first-order valence-electron chi connectivity index (χ1n) is 6.23. The molecular weight excluding hydrogens is 260 g/mol. The molecule has 0 fully saturated rings. The first-order chi connectivity index (χ1) is 9.27. The van der Waals surface area contributed by atoms with Gasteiger partial charge >= 0.3 is 0 Å². The molecule has 2 aromatic rings. The largest absolute Gasteiger partial charge is 0.494 e. The van der Waals surface area contributed by atoms with E-state index in [1.165, 1.54) is 0 Å². The zero-order chi connectivity index (χ0) is 13.5. The summed E-state index contributed by atoms with van der Waals surface area (Å²) < 4.78 is 5.60. The van der Waals surface area contributed by atoms with E-state index in [0.717, 1.165) is 24.4 Å². The molecule has 0 aliphatic rings. The molecule has 3 nitrogen and oxygen atoms in total. The van der Waals surface area contributed by atoms with E-state index in [9.17, 15) is 0 Å². The monoisotopic (exact) mass is 276 g/mol. The molecule has 0 aliphatic carbocycles. The molecule has 2 rings (SSSR count). The molecular formula is C15H17ClN2O. The second-order valence-electron chi connectivity index (χ2n) is 4.14. The van der Waals surface area contributed by atoms with Gasteiger partial charge in [-0.1, -0.05) is 35.9 Å². The molecule has 0 aromatic heterocycles. The molecule has 0 atom stereocenters. The first-order valence-corrected chi connectivity index (χ1v) is 6.61. The van der Waals surface area contributed by atoms with Crippen LogP contribution < -0.4 is 15.8 Å². The van der Waals surface area contributed by atoms with Crippen molar-refractivity contribution >= 4 is 23.0 Å². The Kier molecular flexibility index (Phi) is 4.93. The summed E-state index contributed by atoms with van der Waals surface area (Å²) in [7, 11) is 0. The normalized spacial score (nSPS) is 10.2. The molecule has 0 heterocycles. The minimum atomic E-state index is 0.575. The summed E-state index contributed by atoms with van der Waals surface area (Å²) in [4.78, 5) is 0. The molecule has 0 bridgehead atoms. The lowest BCUT2D eigenvalue weighted by atomic mass is 10.2. The Bertz CT molecular complexity index is 517. The van der Waals surface area contributed by atoms with Gasteiger partial charge in [0, 0.05) is 6.54 Å². The molecule has 100 valence electrons. The van der Waals surface area contributed by atoms with E-state index in [2.05, 4.69) is 5.32 Å². The summed E-state index contributed by atoms with van der Waals surface area (Å²) in [5.41, 5.74) is 7.32. The van der Waals surface area contributed by atoms with E-state index >= 15 is 0 Å². The van der Waals surface area contributed by atoms with Gasteiger partial charge in [0.15, 0.2) is 0 Å². The van der Waals surface area contributed by atoms with Crippen LogP contribution in [0.5, 0.6) is 5.75 Å². The minimum Gasteiger partial charge on any atom is -0.494 e. The molecule has 3 N–H and O–H groups in total.